The van der Waals surface area contributed by atoms with E-state index >= 15 is 0 Å². The van der Waals surface area contributed by atoms with Crippen LogP contribution in [-0.4, -0.2) is 87.4 Å². The van der Waals surface area contributed by atoms with Crippen LogP contribution in [0.3, 0.4) is 0 Å². The lowest BCUT2D eigenvalue weighted by Gasteiger charge is -2.25. The van der Waals surface area contributed by atoms with Crippen molar-refractivity contribution in [2.24, 2.45) is 0 Å². The van der Waals surface area contributed by atoms with E-state index in [0.717, 1.165) is 77.0 Å². The molecule has 612 valence electrons. The first-order valence-electron chi connectivity index (χ1n) is 45.8. The summed E-state index contributed by atoms with van der Waals surface area (Å²) in [6.07, 6.45) is 117. The monoisotopic (exact) mass is 1470 g/mol. The summed E-state index contributed by atoms with van der Waals surface area (Å²) in [6.45, 7) is 4.84. The molecule has 0 aliphatic heterocycles. The van der Waals surface area contributed by atoms with Crippen molar-refractivity contribution in [2.45, 2.75) is 463 Å². The average Bonchev–Trinajstić information content (AvgIpc) is 1.18. The Morgan fingerprint density at radius 3 is 0.819 bits per heavy atom. The van der Waals surface area contributed by atoms with Crippen molar-refractivity contribution in [3.8, 4) is 0 Å². The van der Waals surface area contributed by atoms with Crippen molar-refractivity contribution in [3.63, 3.8) is 0 Å². The van der Waals surface area contributed by atoms with Crippen LogP contribution in [0.2, 0.25) is 0 Å². The minimum atomic E-state index is -1.51. The predicted octanol–water partition coefficient (Wildman–Crippen LogP) is 30.1. The van der Waals surface area contributed by atoms with Crippen molar-refractivity contribution in [1.82, 2.24) is 0 Å². The van der Waals surface area contributed by atoms with E-state index in [0.29, 0.717) is 17.4 Å². The molecule has 0 radical (unpaired) electrons. The van der Waals surface area contributed by atoms with Crippen LogP contribution in [0.4, 0.5) is 0 Å². The van der Waals surface area contributed by atoms with Crippen LogP contribution in [0.15, 0.2) is 85.1 Å². The third kappa shape index (κ3) is 87.6. The van der Waals surface area contributed by atoms with E-state index in [-0.39, 0.29) is 38.2 Å². The molecule has 2 unspecified atom stereocenters. The number of esters is 2. The van der Waals surface area contributed by atoms with Crippen LogP contribution in [0, 0.1) is 0 Å². The van der Waals surface area contributed by atoms with Crippen LogP contribution >= 0.6 is 0 Å². The van der Waals surface area contributed by atoms with Crippen molar-refractivity contribution in [1.29, 1.82) is 0 Å². The van der Waals surface area contributed by atoms with E-state index in [9.17, 15) is 19.5 Å². The molecule has 2 atom stereocenters. The molecule has 0 amide bonds. The van der Waals surface area contributed by atoms with Gasteiger partial charge in [-0.1, -0.05) is 433 Å². The van der Waals surface area contributed by atoms with Crippen molar-refractivity contribution < 1.29 is 42.9 Å². The number of aliphatic carboxylic acids is 1. The quantitative estimate of drug-likeness (QED) is 0.0211. The lowest BCUT2D eigenvalue weighted by Crippen LogP contribution is -2.40. The van der Waals surface area contributed by atoms with Gasteiger partial charge in [0.2, 0.25) is 0 Å². The van der Waals surface area contributed by atoms with Crippen molar-refractivity contribution >= 4 is 17.9 Å². The summed E-state index contributed by atoms with van der Waals surface area (Å²) in [6, 6.07) is 0. The third-order valence-corrected chi connectivity index (χ3v) is 20.6. The number of nitrogens with zero attached hydrogens (tertiary/aromatic N) is 1. The fraction of sp³-hybridized carbons (Fsp3) is 0.823. The molecular weight excluding hydrogens is 1300 g/mol. The summed E-state index contributed by atoms with van der Waals surface area (Å²) in [5.41, 5.74) is 0. The molecule has 0 fully saturated rings. The van der Waals surface area contributed by atoms with Gasteiger partial charge in [-0.15, -0.1) is 0 Å². The van der Waals surface area contributed by atoms with Gasteiger partial charge in [-0.2, -0.15) is 0 Å². The zero-order valence-electron chi connectivity index (χ0n) is 70.4. The number of quaternary nitrogens is 1. The van der Waals surface area contributed by atoms with Crippen LogP contribution in [0.1, 0.15) is 450 Å². The molecule has 9 heteroatoms. The highest BCUT2D eigenvalue weighted by atomic mass is 16.7. The Hall–Kier alpha value is -3.53. The number of allylic oxidation sites excluding steroid dienone is 14. The summed E-state index contributed by atoms with van der Waals surface area (Å²) in [4.78, 5) is 37.8. The molecular formula is C96H176NO8+. The van der Waals surface area contributed by atoms with E-state index in [1.807, 2.05) is 21.1 Å². The topological polar surface area (TPSA) is 108 Å². The molecule has 9 nitrogen and oxygen atoms in total. The van der Waals surface area contributed by atoms with Crippen LogP contribution in [0.5, 0.6) is 0 Å². The van der Waals surface area contributed by atoms with E-state index in [4.69, 9.17) is 18.9 Å². The standard InChI is InChI=1S/C96H175NO8/c1-6-8-10-12-14-16-18-20-22-24-26-28-30-32-34-36-38-40-42-44-46-47-49-51-53-55-57-59-61-63-65-67-69-71-73-75-77-79-81-83-85-87-94(99)105-92(91-104-96(95(100)101)102-89-88-97(3,4)5)90-103-93(98)86-84-82-80-78-76-74-72-70-68-66-64-62-60-58-56-54-52-50-48-45-43-41-39-37-35-33-31-29-27-25-23-21-19-17-15-13-11-9-7-2/h8,10,14,16,20,22,25-28,32,34,38,40,92,96H,6-7,9,11-13,15,17-19,21,23-24,29-31,33,35-37,39,41-91H2,1-5H3/p+1/b10-8-,16-14-,22-20-,27-25-,28-26-,34-32-,40-38-. The second-order valence-electron chi connectivity index (χ2n) is 32.2. The fourth-order valence-corrected chi connectivity index (χ4v) is 13.7. The molecule has 0 aliphatic rings. The minimum absolute atomic E-state index is 0.177. The summed E-state index contributed by atoms with van der Waals surface area (Å²) in [5.74, 6) is -1.97. The van der Waals surface area contributed by atoms with E-state index in [1.54, 1.807) is 0 Å². The number of hydrogen-bond donors (Lipinski definition) is 1. The van der Waals surface area contributed by atoms with Gasteiger partial charge in [-0.05, 0) is 89.9 Å². The summed E-state index contributed by atoms with van der Waals surface area (Å²) in [5, 5.41) is 9.80. The molecule has 0 bridgehead atoms. The SMILES string of the molecule is CC/C=C\C/C=C\C/C=C\C/C=C\C/C=C\C/C=C\CCCCCCCCCCCCCCCCCCCCCCCCC(=O)OC(COC(=O)CCCCCCCCCCCCCCCCCCCCCCCCCCCCC/C=C\CCCCCCCCCC)COC(OCC[N+](C)(C)C)C(=O)O. The lowest BCUT2D eigenvalue weighted by molar-refractivity contribution is -0.870. The van der Waals surface area contributed by atoms with E-state index in [1.165, 1.54) is 347 Å². The molecule has 0 aliphatic carbocycles. The molecule has 0 saturated heterocycles. The number of rotatable bonds is 86. The largest absolute Gasteiger partial charge is 0.477 e. The Morgan fingerprint density at radius 1 is 0.295 bits per heavy atom. The average molecular weight is 1470 g/mol. The van der Waals surface area contributed by atoms with E-state index in [2.05, 4.69) is 98.9 Å². The van der Waals surface area contributed by atoms with Gasteiger partial charge in [0, 0.05) is 12.8 Å². The Labute approximate surface area is 652 Å². The van der Waals surface area contributed by atoms with Gasteiger partial charge >= 0.3 is 17.9 Å². The first-order valence-corrected chi connectivity index (χ1v) is 45.8. The molecule has 0 heterocycles. The number of carbonyl (C=O) groups excluding carboxylic acids is 2. The third-order valence-electron chi connectivity index (χ3n) is 20.6. The number of ether oxygens (including phenoxy) is 4. The summed E-state index contributed by atoms with van der Waals surface area (Å²) in [7, 11) is 6.00. The Kier molecular flexibility index (Phi) is 83.2. The molecule has 0 saturated carbocycles. The number of carboxylic acid groups (broad SMARTS) is 1. The van der Waals surface area contributed by atoms with Crippen molar-refractivity contribution in [2.75, 3.05) is 47.5 Å². The number of carbonyl (C=O) groups is 3. The first-order chi connectivity index (χ1) is 51.6. The second-order valence-corrected chi connectivity index (χ2v) is 32.2. The highest BCUT2D eigenvalue weighted by Gasteiger charge is 2.25. The molecule has 105 heavy (non-hydrogen) atoms. The Balaban J connectivity index is 3.90. The zero-order valence-corrected chi connectivity index (χ0v) is 70.4. The van der Waals surface area contributed by atoms with Crippen LogP contribution in [-0.2, 0) is 33.3 Å². The van der Waals surface area contributed by atoms with Crippen LogP contribution < -0.4 is 0 Å². The van der Waals surface area contributed by atoms with Gasteiger partial charge in [-0.3, -0.25) is 9.59 Å². The number of carboxylic acids is 1. The molecule has 0 aromatic heterocycles. The maximum absolute atomic E-state index is 13.0. The molecule has 0 spiro atoms. The Morgan fingerprint density at radius 2 is 0.543 bits per heavy atom. The van der Waals surface area contributed by atoms with Gasteiger partial charge in [-0.25, -0.2) is 4.79 Å². The van der Waals surface area contributed by atoms with E-state index < -0.39 is 18.4 Å². The van der Waals surface area contributed by atoms with Gasteiger partial charge in [0.05, 0.1) is 34.4 Å². The smallest absolute Gasteiger partial charge is 0.361 e. The number of unbranched alkanes of at least 4 members (excludes halogenated alkanes) is 57. The highest BCUT2D eigenvalue weighted by Crippen LogP contribution is 2.21. The minimum Gasteiger partial charge on any atom is -0.477 e. The highest BCUT2D eigenvalue weighted by molar-refractivity contribution is 5.71. The predicted molar refractivity (Wildman–Crippen MR) is 456 cm³/mol. The normalized spacial score (nSPS) is 13.0. The van der Waals surface area contributed by atoms with Crippen LogP contribution in [0.25, 0.3) is 0 Å². The molecule has 0 aromatic rings. The first kappa shape index (κ1) is 101. The summed E-state index contributed by atoms with van der Waals surface area (Å²) >= 11 is 0. The molecule has 0 rings (SSSR count). The fourth-order valence-electron chi connectivity index (χ4n) is 13.7. The zero-order chi connectivity index (χ0) is 76.0. The van der Waals surface area contributed by atoms with Gasteiger partial charge in [0.25, 0.3) is 6.29 Å². The van der Waals surface area contributed by atoms with Gasteiger partial charge in [0.15, 0.2) is 6.10 Å². The molecule has 1 N–H and O–H groups in total. The maximum Gasteiger partial charge on any atom is 0.361 e. The number of likely N-dealkylation sites (N-methyl/N-ethyl adjacent to an activating group) is 1. The maximum atomic E-state index is 13.0. The second kappa shape index (κ2) is 86.1. The Bertz CT molecular complexity index is 2010. The lowest BCUT2D eigenvalue weighted by atomic mass is 10.0. The molecule has 0 aromatic carbocycles. The van der Waals surface area contributed by atoms with Gasteiger partial charge < -0.3 is 28.5 Å². The summed E-state index contributed by atoms with van der Waals surface area (Å²) < 4.78 is 23.1. The number of hydrogen-bond acceptors (Lipinski definition) is 7. The van der Waals surface area contributed by atoms with Crippen molar-refractivity contribution in [3.05, 3.63) is 85.1 Å². The van der Waals surface area contributed by atoms with Gasteiger partial charge in [0.1, 0.15) is 13.2 Å².